The molecule has 0 aliphatic rings. The van der Waals surface area contributed by atoms with Crippen LogP contribution >= 0.6 is 23.2 Å². The molecule has 0 atom stereocenters. The lowest BCUT2D eigenvalue weighted by atomic mass is 9.70. The van der Waals surface area contributed by atoms with Crippen molar-refractivity contribution in [2.75, 3.05) is 6.61 Å². The molecule has 0 radical (unpaired) electrons. The molecule has 4 nitrogen and oxygen atoms in total. The molecule has 144 valence electrons. The fourth-order valence-corrected chi connectivity index (χ4v) is 4.17. The first-order valence-corrected chi connectivity index (χ1v) is 9.74. The maximum Gasteiger partial charge on any atom is 0.0748 e. The standard InChI is InChI=1S/C23H17Cl2N3O/c24-19-10-16(11-20(25)12-19)22-21(6-3-9-28-22)23(15-29,17-4-1-7-26-13-17)18-5-2-8-27-14-18/h1-14,29H,15H2. The third kappa shape index (κ3) is 3.62. The quantitative estimate of drug-likeness (QED) is 0.482. The van der Waals surface area contributed by atoms with Gasteiger partial charge in [-0.1, -0.05) is 41.4 Å². The van der Waals surface area contributed by atoms with Gasteiger partial charge in [0.1, 0.15) is 0 Å². The van der Waals surface area contributed by atoms with Gasteiger partial charge in [-0.3, -0.25) is 15.0 Å². The fourth-order valence-electron chi connectivity index (χ4n) is 3.65. The van der Waals surface area contributed by atoms with Crippen LogP contribution in [0.5, 0.6) is 0 Å². The molecule has 1 N–H and O–H groups in total. The van der Waals surface area contributed by atoms with E-state index in [1.165, 1.54) is 0 Å². The molecule has 0 amide bonds. The Labute approximate surface area is 178 Å². The smallest absolute Gasteiger partial charge is 0.0748 e. The van der Waals surface area contributed by atoms with E-state index in [2.05, 4.69) is 15.0 Å². The molecule has 0 fully saturated rings. The Bertz CT molecular complexity index is 1060. The average molecular weight is 422 g/mol. The SMILES string of the molecule is OCC(c1cccnc1)(c1cccnc1)c1cccnc1-c1cc(Cl)cc(Cl)c1. The van der Waals surface area contributed by atoms with Crippen molar-refractivity contribution in [3.05, 3.63) is 112 Å². The van der Waals surface area contributed by atoms with Gasteiger partial charge in [-0.15, -0.1) is 0 Å². The molecule has 1 aromatic carbocycles. The van der Waals surface area contributed by atoms with Crippen LogP contribution in [0.3, 0.4) is 0 Å². The molecule has 0 bridgehead atoms. The number of hydrogen-bond donors (Lipinski definition) is 1. The van der Waals surface area contributed by atoms with Crippen molar-refractivity contribution in [1.82, 2.24) is 15.0 Å². The summed E-state index contributed by atoms with van der Waals surface area (Å²) < 4.78 is 0. The van der Waals surface area contributed by atoms with Crippen molar-refractivity contribution in [3.8, 4) is 11.3 Å². The second-order valence-corrected chi connectivity index (χ2v) is 7.48. The largest absolute Gasteiger partial charge is 0.395 e. The van der Waals surface area contributed by atoms with Crippen LogP contribution in [0.1, 0.15) is 16.7 Å². The van der Waals surface area contributed by atoms with Crippen LogP contribution in [0.2, 0.25) is 10.0 Å². The van der Waals surface area contributed by atoms with Crippen LogP contribution in [-0.4, -0.2) is 26.7 Å². The number of rotatable bonds is 5. The number of benzene rings is 1. The van der Waals surface area contributed by atoms with Gasteiger partial charge >= 0.3 is 0 Å². The van der Waals surface area contributed by atoms with Crippen LogP contribution in [0.4, 0.5) is 0 Å². The lowest BCUT2D eigenvalue weighted by Crippen LogP contribution is -2.34. The molecule has 3 aromatic heterocycles. The lowest BCUT2D eigenvalue weighted by molar-refractivity contribution is 0.242. The molecule has 29 heavy (non-hydrogen) atoms. The van der Waals surface area contributed by atoms with E-state index in [-0.39, 0.29) is 6.61 Å². The van der Waals surface area contributed by atoms with Crippen molar-refractivity contribution in [1.29, 1.82) is 0 Å². The third-order valence-corrected chi connectivity index (χ3v) is 5.39. The number of halogens is 2. The monoisotopic (exact) mass is 421 g/mol. The zero-order chi connectivity index (χ0) is 20.3. The van der Waals surface area contributed by atoms with Crippen molar-refractivity contribution in [2.45, 2.75) is 5.41 Å². The summed E-state index contributed by atoms with van der Waals surface area (Å²) in [6.45, 7) is -0.197. The van der Waals surface area contributed by atoms with Crippen LogP contribution in [0, 0.1) is 0 Å². The highest BCUT2D eigenvalue weighted by Crippen LogP contribution is 2.42. The first-order chi connectivity index (χ1) is 14.1. The Kier molecular flexibility index (Phi) is 5.58. The molecule has 0 aliphatic heterocycles. The topological polar surface area (TPSA) is 58.9 Å². The normalized spacial score (nSPS) is 11.4. The van der Waals surface area contributed by atoms with Gasteiger partial charge in [-0.2, -0.15) is 0 Å². The second kappa shape index (κ2) is 8.29. The van der Waals surface area contributed by atoms with Crippen molar-refractivity contribution >= 4 is 23.2 Å². The predicted molar refractivity (Wildman–Crippen MR) is 115 cm³/mol. The molecular weight excluding hydrogens is 405 g/mol. The van der Waals surface area contributed by atoms with Crippen LogP contribution in [0.15, 0.2) is 85.6 Å². The lowest BCUT2D eigenvalue weighted by Gasteiger charge is -2.34. The van der Waals surface area contributed by atoms with Gasteiger partial charge in [0, 0.05) is 46.6 Å². The summed E-state index contributed by atoms with van der Waals surface area (Å²) in [5.74, 6) is 0. The first-order valence-electron chi connectivity index (χ1n) is 8.99. The highest BCUT2D eigenvalue weighted by Gasteiger charge is 2.39. The Morgan fingerprint density at radius 2 is 1.38 bits per heavy atom. The molecule has 0 saturated carbocycles. The molecular formula is C23H17Cl2N3O. The molecule has 4 aromatic rings. The number of hydrogen-bond acceptors (Lipinski definition) is 4. The van der Waals surface area contributed by atoms with Crippen LogP contribution < -0.4 is 0 Å². The summed E-state index contributed by atoms with van der Waals surface area (Å²) in [7, 11) is 0. The van der Waals surface area contributed by atoms with Gasteiger partial charge in [0.2, 0.25) is 0 Å². The van der Waals surface area contributed by atoms with Gasteiger partial charge in [0.25, 0.3) is 0 Å². The number of aromatic nitrogens is 3. The highest BCUT2D eigenvalue weighted by atomic mass is 35.5. The van der Waals surface area contributed by atoms with Crippen LogP contribution in [-0.2, 0) is 5.41 Å². The summed E-state index contributed by atoms with van der Waals surface area (Å²) >= 11 is 12.5. The minimum Gasteiger partial charge on any atom is -0.395 e. The maximum absolute atomic E-state index is 10.8. The zero-order valence-electron chi connectivity index (χ0n) is 15.3. The van der Waals surface area contributed by atoms with Crippen LogP contribution in [0.25, 0.3) is 11.3 Å². The molecule has 0 aliphatic carbocycles. The maximum atomic E-state index is 10.8. The summed E-state index contributed by atoms with van der Waals surface area (Å²) in [6, 6.07) is 16.7. The Morgan fingerprint density at radius 3 is 1.90 bits per heavy atom. The van der Waals surface area contributed by atoms with Gasteiger partial charge in [0.05, 0.1) is 17.7 Å². The molecule has 6 heteroatoms. The molecule has 0 unspecified atom stereocenters. The van der Waals surface area contributed by atoms with E-state index in [1.54, 1.807) is 37.1 Å². The van der Waals surface area contributed by atoms with E-state index >= 15 is 0 Å². The second-order valence-electron chi connectivity index (χ2n) is 6.60. The van der Waals surface area contributed by atoms with E-state index in [0.29, 0.717) is 15.7 Å². The van der Waals surface area contributed by atoms with Gasteiger partial charge in [-0.05, 0) is 53.1 Å². The average Bonchev–Trinajstić information content (AvgIpc) is 2.76. The van der Waals surface area contributed by atoms with Gasteiger partial charge in [-0.25, -0.2) is 0 Å². The van der Waals surface area contributed by atoms with E-state index < -0.39 is 5.41 Å². The van der Waals surface area contributed by atoms with E-state index in [4.69, 9.17) is 23.2 Å². The summed E-state index contributed by atoms with van der Waals surface area (Å²) in [6.07, 6.45) is 8.63. The minimum absolute atomic E-state index is 0.197. The van der Waals surface area contributed by atoms with E-state index in [9.17, 15) is 5.11 Å². The van der Waals surface area contributed by atoms with Crippen molar-refractivity contribution in [2.24, 2.45) is 0 Å². The predicted octanol–water partition coefficient (Wildman–Crippen LogP) is 5.17. The number of aliphatic hydroxyl groups is 1. The summed E-state index contributed by atoms with van der Waals surface area (Å²) in [5, 5.41) is 11.8. The number of pyridine rings is 3. The Morgan fingerprint density at radius 1 is 0.793 bits per heavy atom. The zero-order valence-corrected chi connectivity index (χ0v) is 16.8. The molecule has 4 rings (SSSR count). The van der Waals surface area contributed by atoms with Crippen molar-refractivity contribution in [3.63, 3.8) is 0 Å². The van der Waals surface area contributed by atoms with Crippen molar-refractivity contribution < 1.29 is 5.11 Å². The fraction of sp³-hybridized carbons (Fsp3) is 0.0870. The van der Waals surface area contributed by atoms with E-state index in [1.807, 2.05) is 48.5 Å². The highest BCUT2D eigenvalue weighted by molar-refractivity contribution is 6.35. The summed E-state index contributed by atoms with van der Waals surface area (Å²) in [5.41, 5.74) is 3.00. The summed E-state index contributed by atoms with van der Waals surface area (Å²) in [4.78, 5) is 13.2. The third-order valence-electron chi connectivity index (χ3n) is 4.95. The Hall–Kier alpha value is -2.79. The number of aliphatic hydroxyl groups excluding tert-OH is 1. The molecule has 0 spiro atoms. The first kappa shape index (κ1) is 19.5. The Balaban J connectivity index is 2.06. The van der Waals surface area contributed by atoms with E-state index in [0.717, 1.165) is 22.3 Å². The molecule has 3 heterocycles. The molecule has 0 saturated heterocycles. The van der Waals surface area contributed by atoms with Gasteiger partial charge < -0.3 is 5.11 Å². The number of nitrogens with zero attached hydrogens (tertiary/aromatic N) is 3. The minimum atomic E-state index is -0.916. The van der Waals surface area contributed by atoms with Gasteiger partial charge in [0.15, 0.2) is 0 Å².